The summed E-state index contributed by atoms with van der Waals surface area (Å²) in [5.41, 5.74) is 0. The number of rotatable bonds is 1. The molecule has 2 heterocycles. The molecule has 2 amide bonds. The molecule has 0 aromatic heterocycles. The molecular formula is C10H16N2O3. The molecule has 1 atom stereocenters. The summed E-state index contributed by atoms with van der Waals surface area (Å²) >= 11 is 0. The highest BCUT2D eigenvalue weighted by Gasteiger charge is 2.35. The maximum atomic E-state index is 11.9. The van der Waals surface area contributed by atoms with Crippen LogP contribution in [-0.4, -0.2) is 48.5 Å². The minimum atomic E-state index is -0.208. The SMILES string of the molecule is CN1CC(C(=O)N2CCCCO2)CC1=O. The molecule has 0 aliphatic carbocycles. The lowest BCUT2D eigenvalue weighted by molar-refractivity contribution is -0.200. The van der Waals surface area contributed by atoms with Gasteiger partial charge >= 0.3 is 0 Å². The number of likely N-dealkylation sites (tertiary alicyclic amines) is 1. The van der Waals surface area contributed by atoms with Crippen molar-refractivity contribution in [2.75, 3.05) is 26.7 Å². The number of nitrogens with zero attached hydrogens (tertiary/aromatic N) is 2. The Bertz CT molecular complexity index is 274. The highest BCUT2D eigenvalue weighted by molar-refractivity contribution is 5.88. The molecule has 0 aromatic carbocycles. The van der Waals surface area contributed by atoms with E-state index in [1.165, 1.54) is 5.06 Å². The number of hydrogen-bond donors (Lipinski definition) is 0. The summed E-state index contributed by atoms with van der Waals surface area (Å²) in [6.07, 6.45) is 2.32. The Morgan fingerprint density at radius 1 is 1.47 bits per heavy atom. The zero-order chi connectivity index (χ0) is 10.8. The molecule has 2 saturated heterocycles. The molecule has 2 fully saturated rings. The first-order valence-corrected chi connectivity index (χ1v) is 5.37. The Kier molecular flexibility index (Phi) is 2.90. The third-order valence-electron chi connectivity index (χ3n) is 2.94. The maximum Gasteiger partial charge on any atom is 0.251 e. The van der Waals surface area contributed by atoms with Crippen LogP contribution < -0.4 is 0 Å². The van der Waals surface area contributed by atoms with Gasteiger partial charge in [-0.1, -0.05) is 0 Å². The van der Waals surface area contributed by atoms with E-state index in [1.807, 2.05) is 0 Å². The van der Waals surface area contributed by atoms with Crippen LogP contribution in [0.5, 0.6) is 0 Å². The summed E-state index contributed by atoms with van der Waals surface area (Å²) in [5, 5.41) is 1.43. The lowest BCUT2D eigenvalue weighted by atomic mass is 10.1. The third kappa shape index (κ3) is 2.12. The van der Waals surface area contributed by atoms with E-state index >= 15 is 0 Å². The normalized spacial score (nSPS) is 27.3. The Labute approximate surface area is 88.9 Å². The van der Waals surface area contributed by atoms with Crippen molar-refractivity contribution in [3.8, 4) is 0 Å². The topological polar surface area (TPSA) is 49.9 Å². The molecule has 0 aromatic rings. The minimum absolute atomic E-state index is 0.0348. The number of hydrogen-bond acceptors (Lipinski definition) is 3. The van der Waals surface area contributed by atoms with E-state index in [1.54, 1.807) is 11.9 Å². The minimum Gasteiger partial charge on any atom is -0.345 e. The van der Waals surface area contributed by atoms with E-state index < -0.39 is 0 Å². The standard InChI is InChI=1S/C10H16N2O3/c1-11-7-8(6-9(11)13)10(14)12-4-2-3-5-15-12/h8H,2-7H2,1H3. The second kappa shape index (κ2) is 4.18. The van der Waals surface area contributed by atoms with E-state index in [0.29, 0.717) is 26.1 Å². The van der Waals surface area contributed by atoms with Gasteiger partial charge in [-0.3, -0.25) is 14.4 Å². The van der Waals surface area contributed by atoms with Crippen LogP contribution >= 0.6 is 0 Å². The second-order valence-electron chi connectivity index (χ2n) is 4.16. The van der Waals surface area contributed by atoms with Crippen LogP contribution in [-0.2, 0) is 14.4 Å². The molecule has 2 aliphatic heterocycles. The zero-order valence-corrected chi connectivity index (χ0v) is 8.94. The van der Waals surface area contributed by atoms with Crippen molar-refractivity contribution in [3.05, 3.63) is 0 Å². The van der Waals surface area contributed by atoms with Gasteiger partial charge < -0.3 is 4.90 Å². The van der Waals surface area contributed by atoms with Gasteiger partial charge in [0.1, 0.15) is 0 Å². The van der Waals surface area contributed by atoms with Crippen molar-refractivity contribution in [2.24, 2.45) is 5.92 Å². The van der Waals surface area contributed by atoms with Crippen molar-refractivity contribution in [2.45, 2.75) is 19.3 Å². The Morgan fingerprint density at radius 3 is 2.80 bits per heavy atom. The number of amides is 2. The highest BCUT2D eigenvalue weighted by Crippen LogP contribution is 2.20. The van der Waals surface area contributed by atoms with Gasteiger partial charge in [-0.05, 0) is 12.8 Å². The first-order valence-electron chi connectivity index (χ1n) is 5.37. The van der Waals surface area contributed by atoms with Gasteiger partial charge in [-0.15, -0.1) is 0 Å². The summed E-state index contributed by atoms with van der Waals surface area (Å²) in [6, 6.07) is 0. The molecule has 0 radical (unpaired) electrons. The van der Waals surface area contributed by atoms with E-state index in [4.69, 9.17) is 4.84 Å². The Hall–Kier alpha value is -1.10. The lowest BCUT2D eigenvalue weighted by Crippen LogP contribution is -2.40. The predicted molar refractivity (Wildman–Crippen MR) is 52.6 cm³/mol. The maximum absolute atomic E-state index is 11.9. The van der Waals surface area contributed by atoms with Gasteiger partial charge in [0.15, 0.2) is 0 Å². The molecule has 2 aliphatic rings. The molecule has 84 valence electrons. The molecule has 0 saturated carbocycles. The van der Waals surface area contributed by atoms with Crippen molar-refractivity contribution in [1.29, 1.82) is 0 Å². The molecule has 0 bridgehead atoms. The zero-order valence-electron chi connectivity index (χ0n) is 8.94. The first kappa shape index (κ1) is 10.4. The van der Waals surface area contributed by atoms with E-state index in [0.717, 1.165) is 12.8 Å². The van der Waals surface area contributed by atoms with E-state index in [9.17, 15) is 9.59 Å². The summed E-state index contributed by atoms with van der Waals surface area (Å²) in [5.74, 6) is -0.196. The van der Waals surface area contributed by atoms with Crippen LogP contribution in [0, 0.1) is 5.92 Å². The van der Waals surface area contributed by atoms with Crippen molar-refractivity contribution >= 4 is 11.8 Å². The smallest absolute Gasteiger partial charge is 0.251 e. The van der Waals surface area contributed by atoms with Gasteiger partial charge in [0.05, 0.1) is 12.5 Å². The summed E-state index contributed by atoms with van der Waals surface area (Å²) in [7, 11) is 1.73. The van der Waals surface area contributed by atoms with Crippen LogP contribution in [0.2, 0.25) is 0 Å². The summed E-state index contributed by atoms with van der Waals surface area (Å²) < 4.78 is 0. The summed E-state index contributed by atoms with van der Waals surface area (Å²) in [4.78, 5) is 30.1. The molecule has 0 spiro atoms. The van der Waals surface area contributed by atoms with Gasteiger partial charge in [-0.2, -0.15) is 0 Å². The van der Waals surface area contributed by atoms with Crippen LogP contribution in [0.1, 0.15) is 19.3 Å². The van der Waals surface area contributed by atoms with Crippen molar-refractivity contribution in [1.82, 2.24) is 9.96 Å². The average molecular weight is 212 g/mol. The van der Waals surface area contributed by atoms with E-state index in [2.05, 4.69) is 0 Å². The number of carbonyl (C=O) groups is 2. The predicted octanol–water partition coefficient (Wildman–Crippen LogP) is 0.0187. The fraction of sp³-hybridized carbons (Fsp3) is 0.800. The molecule has 0 N–H and O–H groups in total. The fourth-order valence-corrected chi connectivity index (χ4v) is 2.00. The van der Waals surface area contributed by atoms with E-state index in [-0.39, 0.29) is 17.7 Å². The molecular weight excluding hydrogens is 196 g/mol. The molecule has 1 unspecified atom stereocenters. The molecule has 5 nitrogen and oxygen atoms in total. The molecule has 5 heteroatoms. The molecule has 15 heavy (non-hydrogen) atoms. The molecule has 2 rings (SSSR count). The first-order chi connectivity index (χ1) is 7.18. The Morgan fingerprint density at radius 2 is 2.27 bits per heavy atom. The van der Waals surface area contributed by atoms with Gasteiger partial charge in [0, 0.05) is 26.6 Å². The fourth-order valence-electron chi connectivity index (χ4n) is 2.00. The Balaban J connectivity index is 1.93. The van der Waals surface area contributed by atoms with Crippen LogP contribution in [0.15, 0.2) is 0 Å². The van der Waals surface area contributed by atoms with Gasteiger partial charge in [0.2, 0.25) is 5.91 Å². The lowest BCUT2D eigenvalue weighted by Gasteiger charge is -2.27. The second-order valence-corrected chi connectivity index (χ2v) is 4.16. The monoisotopic (exact) mass is 212 g/mol. The largest absolute Gasteiger partial charge is 0.345 e. The average Bonchev–Trinajstić information content (AvgIpc) is 2.59. The van der Waals surface area contributed by atoms with Crippen LogP contribution in [0.25, 0.3) is 0 Å². The quantitative estimate of drug-likeness (QED) is 0.615. The number of hydroxylamine groups is 2. The summed E-state index contributed by atoms with van der Waals surface area (Å²) in [6.45, 7) is 1.80. The van der Waals surface area contributed by atoms with Gasteiger partial charge in [-0.25, -0.2) is 5.06 Å². The van der Waals surface area contributed by atoms with Crippen molar-refractivity contribution < 1.29 is 14.4 Å². The van der Waals surface area contributed by atoms with Crippen LogP contribution in [0.3, 0.4) is 0 Å². The highest BCUT2D eigenvalue weighted by atomic mass is 16.7. The third-order valence-corrected chi connectivity index (χ3v) is 2.94. The number of carbonyl (C=O) groups excluding carboxylic acids is 2. The van der Waals surface area contributed by atoms with Crippen LogP contribution in [0.4, 0.5) is 0 Å². The van der Waals surface area contributed by atoms with Crippen molar-refractivity contribution in [3.63, 3.8) is 0 Å². The van der Waals surface area contributed by atoms with Gasteiger partial charge in [0.25, 0.3) is 5.91 Å².